The number of hydrogen-bond acceptors (Lipinski definition) is 8. The van der Waals surface area contributed by atoms with E-state index >= 15 is 0 Å². The fourth-order valence-electron chi connectivity index (χ4n) is 2.96. The minimum Gasteiger partial charge on any atom is -0.394 e. The molecule has 0 radical (unpaired) electrons. The third kappa shape index (κ3) is 9.35. The summed E-state index contributed by atoms with van der Waals surface area (Å²) in [6.45, 7) is 3.75. The molecule has 0 aromatic heterocycles. The molecular formula is C19H35N3O8. The first-order valence-electron chi connectivity index (χ1n) is 10.3. The molecule has 5 atom stereocenters. The molecule has 1 saturated heterocycles. The Hall–Kier alpha value is -1.79. The molecule has 1 aliphatic rings. The Morgan fingerprint density at radius 2 is 1.67 bits per heavy atom. The molecule has 3 amide bonds. The van der Waals surface area contributed by atoms with Crippen LogP contribution in [0.2, 0.25) is 0 Å². The first kappa shape index (κ1) is 26.2. The van der Waals surface area contributed by atoms with Gasteiger partial charge < -0.3 is 40.7 Å². The molecular weight excluding hydrogens is 398 g/mol. The van der Waals surface area contributed by atoms with Gasteiger partial charge in [0.25, 0.3) is 0 Å². The van der Waals surface area contributed by atoms with Crippen molar-refractivity contribution in [1.82, 2.24) is 16.0 Å². The second kappa shape index (κ2) is 14.3. The Balaban J connectivity index is 2.26. The quantitative estimate of drug-likeness (QED) is 0.184. The van der Waals surface area contributed by atoms with Gasteiger partial charge in [0.1, 0.15) is 24.4 Å². The molecule has 174 valence electrons. The largest absolute Gasteiger partial charge is 0.394 e. The summed E-state index contributed by atoms with van der Waals surface area (Å²) in [5.41, 5.74) is 0. The number of hydrogen-bond donors (Lipinski definition) is 6. The molecule has 0 bridgehead atoms. The predicted molar refractivity (Wildman–Crippen MR) is 106 cm³/mol. The number of ether oxygens (including phenoxy) is 2. The highest BCUT2D eigenvalue weighted by atomic mass is 16.7. The third-order valence-electron chi connectivity index (χ3n) is 4.65. The van der Waals surface area contributed by atoms with Gasteiger partial charge >= 0.3 is 0 Å². The molecule has 5 unspecified atom stereocenters. The Labute approximate surface area is 176 Å². The lowest BCUT2D eigenvalue weighted by atomic mass is 9.97. The highest BCUT2D eigenvalue weighted by Crippen LogP contribution is 2.22. The van der Waals surface area contributed by atoms with Gasteiger partial charge in [0, 0.05) is 39.5 Å². The summed E-state index contributed by atoms with van der Waals surface area (Å²) in [5.74, 6) is -0.533. The fraction of sp³-hybridized carbons (Fsp3) is 0.842. The number of unbranched alkanes of at least 4 members (excludes halogenated alkanes) is 1. The molecule has 0 spiro atoms. The number of carbonyl (C=O) groups excluding carboxylic acids is 3. The van der Waals surface area contributed by atoms with Gasteiger partial charge in [-0.15, -0.1) is 0 Å². The van der Waals surface area contributed by atoms with E-state index in [4.69, 9.17) is 9.47 Å². The van der Waals surface area contributed by atoms with Gasteiger partial charge in [-0.25, -0.2) is 0 Å². The number of nitrogens with one attached hydrogen (secondary N) is 3. The minimum absolute atomic E-state index is 0.0173. The lowest BCUT2D eigenvalue weighted by Crippen LogP contribution is -2.64. The van der Waals surface area contributed by atoms with E-state index in [0.29, 0.717) is 45.2 Å². The Bertz CT molecular complexity index is 548. The van der Waals surface area contributed by atoms with Gasteiger partial charge in [-0.3, -0.25) is 14.4 Å². The summed E-state index contributed by atoms with van der Waals surface area (Å²) in [7, 11) is 0. The minimum atomic E-state index is -1.36. The van der Waals surface area contributed by atoms with Crippen molar-refractivity contribution in [2.75, 3.05) is 26.3 Å². The van der Waals surface area contributed by atoms with Crippen LogP contribution in [0.25, 0.3) is 0 Å². The van der Waals surface area contributed by atoms with Crippen LogP contribution in [0.3, 0.4) is 0 Å². The Kier molecular flexibility index (Phi) is 12.5. The third-order valence-corrected chi connectivity index (χ3v) is 4.65. The van der Waals surface area contributed by atoms with E-state index in [0.717, 1.165) is 0 Å². The van der Waals surface area contributed by atoms with Gasteiger partial charge in [-0.2, -0.15) is 0 Å². The lowest BCUT2D eigenvalue weighted by Gasteiger charge is -2.42. The maximum atomic E-state index is 11.8. The molecule has 1 heterocycles. The summed E-state index contributed by atoms with van der Waals surface area (Å²) in [5, 5.41) is 37.4. The number of amides is 3. The first-order valence-corrected chi connectivity index (χ1v) is 10.3. The summed E-state index contributed by atoms with van der Waals surface area (Å²) in [6, 6.07) is -0.975. The second-order valence-electron chi connectivity index (χ2n) is 7.17. The van der Waals surface area contributed by atoms with Crippen molar-refractivity contribution in [3.8, 4) is 0 Å². The highest BCUT2D eigenvalue weighted by Gasteiger charge is 2.45. The van der Waals surface area contributed by atoms with E-state index in [2.05, 4.69) is 16.0 Å². The second-order valence-corrected chi connectivity index (χ2v) is 7.17. The van der Waals surface area contributed by atoms with Gasteiger partial charge in [-0.05, 0) is 19.3 Å². The summed E-state index contributed by atoms with van der Waals surface area (Å²) in [4.78, 5) is 34.2. The molecule has 11 heteroatoms. The van der Waals surface area contributed by atoms with Gasteiger partial charge in [0.05, 0.1) is 6.61 Å². The zero-order valence-corrected chi connectivity index (χ0v) is 17.6. The monoisotopic (exact) mass is 433 g/mol. The van der Waals surface area contributed by atoms with Crippen LogP contribution in [0.5, 0.6) is 0 Å². The average Bonchev–Trinajstić information content (AvgIpc) is 2.71. The van der Waals surface area contributed by atoms with Gasteiger partial charge in [0.15, 0.2) is 6.29 Å². The summed E-state index contributed by atoms with van der Waals surface area (Å²) in [6.07, 6.45) is -2.26. The molecule has 0 saturated carbocycles. The molecule has 1 aliphatic heterocycles. The van der Waals surface area contributed by atoms with Gasteiger partial charge in [0.2, 0.25) is 17.7 Å². The van der Waals surface area contributed by atoms with Crippen LogP contribution in [0.15, 0.2) is 0 Å². The lowest BCUT2D eigenvalue weighted by molar-refractivity contribution is -0.270. The number of rotatable bonds is 13. The van der Waals surface area contributed by atoms with Crippen molar-refractivity contribution in [2.45, 2.75) is 76.6 Å². The van der Waals surface area contributed by atoms with Crippen molar-refractivity contribution in [3.05, 3.63) is 0 Å². The fourth-order valence-corrected chi connectivity index (χ4v) is 2.96. The van der Waals surface area contributed by atoms with E-state index in [1.807, 2.05) is 0 Å². The Morgan fingerprint density at radius 3 is 2.27 bits per heavy atom. The normalized spacial score (nSPS) is 26.1. The SMILES string of the molecule is CCC(=O)NCCCNC(=O)CCCCOC1OC(CO)C(O)C(O)C1NC(C)=O. The van der Waals surface area contributed by atoms with E-state index in [1.54, 1.807) is 6.92 Å². The van der Waals surface area contributed by atoms with E-state index in [9.17, 15) is 29.7 Å². The van der Waals surface area contributed by atoms with Crippen LogP contribution in [0, 0.1) is 0 Å². The van der Waals surface area contributed by atoms with Crippen LogP contribution in [-0.2, 0) is 23.9 Å². The number of aliphatic hydroxyl groups is 3. The van der Waals surface area contributed by atoms with Crippen LogP contribution in [-0.4, -0.2) is 90.0 Å². The maximum absolute atomic E-state index is 11.8. The predicted octanol–water partition coefficient (Wildman–Crippen LogP) is -1.85. The van der Waals surface area contributed by atoms with Gasteiger partial charge in [-0.1, -0.05) is 6.92 Å². The van der Waals surface area contributed by atoms with Crippen molar-refractivity contribution < 1.29 is 39.2 Å². The van der Waals surface area contributed by atoms with Crippen LogP contribution in [0.1, 0.15) is 46.0 Å². The van der Waals surface area contributed by atoms with Crippen molar-refractivity contribution in [2.24, 2.45) is 0 Å². The molecule has 6 N–H and O–H groups in total. The smallest absolute Gasteiger partial charge is 0.219 e. The van der Waals surface area contributed by atoms with E-state index < -0.39 is 43.2 Å². The molecule has 11 nitrogen and oxygen atoms in total. The first-order chi connectivity index (χ1) is 14.3. The van der Waals surface area contributed by atoms with E-state index in [-0.39, 0.29) is 18.4 Å². The molecule has 0 aromatic rings. The standard InChI is InChI=1S/C19H35N3O8/c1-3-14(25)20-8-6-9-21-15(26)7-4-5-10-29-19-16(22-12(2)24)18(28)17(27)13(11-23)30-19/h13,16-19,23,27-28H,3-11H2,1-2H3,(H,20,25)(H,21,26)(H,22,24). The van der Waals surface area contributed by atoms with Crippen molar-refractivity contribution >= 4 is 17.7 Å². The molecule has 1 rings (SSSR count). The molecule has 0 aromatic carbocycles. The van der Waals surface area contributed by atoms with Crippen LogP contribution in [0.4, 0.5) is 0 Å². The Morgan fingerprint density at radius 1 is 1.00 bits per heavy atom. The molecule has 1 fully saturated rings. The zero-order chi connectivity index (χ0) is 22.5. The summed E-state index contributed by atoms with van der Waals surface area (Å²) < 4.78 is 11.0. The topological polar surface area (TPSA) is 166 Å². The maximum Gasteiger partial charge on any atom is 0.219 e. The zero-order valence-electron chi connectivity index (χ0n) is 17.6. The van der Waals surface area contributed by atoms with Crippen molar-refractivity contribution in [3.63, 3.8) is 0 Å². The summed E-state index contributed by atoms with van der Waals surface area (Å²) >= 11 is 0. The average molecular weight is 434 g/mol. The number of aliphatic hydroxyl groups excluding tert-OH is 3. The van der Waals surface area contributed by atoms with Crippen LogP contribution < -0.4 is 16.0 Å². The van der Waals surface area contributed by atoms with Crippen molar-refractivity contribution in [1.29, 1.82) is 0 Å². The van der Waals surface area contributed by atoms with Crippen LogP contribution >= 0.6 is 0 Å². The number of carbonyl (C=O) groups is 3. The molecule has 0 aliphatic carbocycles. The molecule has 30 heavy (non-hydrogen) atoms. The van der Waals surface area contributed by atoms with E-state index in [1.165, 1.54) is 6.92 Å². The highest BCUT2D eigenvalue weighted by molar-refractivity contribution is 5.76.